The molecule has 1 rings (SSSR count). The molecule has 1 aromatic carbocycles. The first-order valence-electron chi connectivity index (χ1n) is 13.6. The molecule has 0 spiro atoms. The Bertz CT molecular complexity index is 912. The Labute approximate surface area is 225 Å². The van der Waals surface area contributed by atoms with Crippen LogP contribution in [0.4, 0.5) is 4.79 Å². The lowest BCUT2D eigenvalue weighted by Crippen LogP contribution is -2.55. The van der Waals surface area contributed by atoms with Gasteiger partial charge in [0.1, 0.15) is 17.7 Å². The molecule has 0 saturated heterocycles. The third kappa shape index (κ3) is 11.6. The van der Waals surface area contributed by atoms with Crippen molar-refractivity contribution >= 4 is 17.9 Å². The van der Waals surface area contributed by atoms with E-state index in [4.69, 9.17) is 4.74 Å². The molecule has 0 bridgehead atoms. The second kappa shape index (κ2) is 13.8. The van der Waals surface area contributed by atoms with E-state index in [1.807, 2.05) is 66.7 Å². The predicted octanol–water partition coefficient (Wildman–Crippen LogP) is 6.22. The van der Waals surface area contributed by atoms with Crippen molar-refractivity contribution in [3.63, 3.8) is 0 Å². The Hall–Kier alpha value is -2.57. The number of carbonyl (C=O) groups excluding carboxylic acids is 3. The summed E-state index contributed by atoms with van der Waals surface area (Å²) in [7, 11) is 0. The zero-order valence-corrected chi connectivity index (χ0v) is 25.1. The number of alkyl carbamates (subject to hydrolysis) is 1. The smallest absolute Gasteiger partial charge is 0.408 e. The second-order valence-corrected chi connectivity index (χ2v) is 12.6. The van der Waals surface area contributed by atoms with E-state index >= 15 is 0 Å². The van der Waals surface area contributed by atoms with Crippen LogP contribution in [0.5, 0.6) is 0 Å². The van der Waals surface area contributed by atoms with E-state index < -0.39 is 29.3 Å². The first-order valence-corrected chi connectivity index (χ1v) is 13.6. The molecule has 7 heteroatoms. The Kier molecular flexibility index (Phi) is 12.1. The van der Waals surface area contributed by atoms with Gasteiger partial charge in [-0.15, -0.1) is 0 Å². The minimum absolute atomic E-state index is 0.143. The van der Waals surface area contributed by atoms with Crippen molar-refractivity contribution < 1.29 is 19.1 Å². The van der Waals surface area contributed by atoms with Crippen molar-refractivity contribution in [2.75, 3.05) is 6.54 Å². The molecule has 0 aliphatic heterocycles. The summed E-state index contributed by atoms with van der Waals surface area (Å²) in [6, 6.07) is 4.31. The zero-order valence-electron chi connectivity index (χ0n) is 25.1. The highest BCUT2D eigenvalue weighted by molar-refractivity contribution is 5.92. The van der Waals surface area contributed by atoms with Gasteiger partial charge in [0.05, 0.1) is 0 Å². The second-order valence-electron chi connectivity index (χ2n) is 12.6. The van der Waals surface area contributed by atoms with Crippen LogP contribution in [-0.4, -0.2) is 46.5 Å². The molecule has 0 aliphatic rings. The molecule has 7 nitrogen and oxygen atoms in total. The SMILES string of the molecule is CCCCCN(C(=O)C(CC(C)C)NC(=O)OC(C)(C)C)C(C(=O)NC(C)(C)C)c1ccc(C)cc1C. The van der Waals surface area contributed by atoms with E-state index in [9.17, 15) is 14.4 Å². The molecule has 0 aromatic heterocycles. The Morgan fingerprint density at radius 1 is 1.00 bits per heavy atom. The number of ether oxygens (including phenoxy) is 1. The third-order valence-corrected chi connectivity index (χ3v) is 5.76. The summed E-state index contributed by atoms with van der Waals surface area (Å²) in [5, 5.41) is 5.90. The monoisotopic (exact) mass is 517 g/mol. The number of rotatable bonds is 11. The van der Waals surface area contributed by atoms with Gasteiger partial charge < -0.3 is 20.3 Å². The van der Waals surface area contributed by atoms with Gasteiger partial charge in [-0.05, 0) is 85.3 Å². The molecule has 0 aliphatic carbocycles. The summed E-state index contributed by atoms with van der Waals surface area (Å²) in [5.74, 6) is -0.362. The standard InChI is InChI=1S/C30H51N3O4/c1-12-13-14-17-33(27(35)24(18-20(2)3)31-28(36)37-30(9,10)11)25(26(34)32-29(6,7)8)23-16-15-21(4)19-22(23)5/h15-16,19-20,24-25H,12-14,17-18H2,1-11H3,(H,31,36)(H,32,34). The van der Waals surface area contributed by atoms with Gasteiger partial charge in [0, 0.05) is 12.1 Å². The molecule has 2 unspecified atom stereocenters. The molecule has 1 aromatic rings. The normalized spacial score (nSPS) is 13.6. The lowest BCUT2D eigenvalue weighted by atomic mass is 9.94. The average Bonchev–Trinajstić information content (AvgIpc) is 2.70. The van der Waals surface area contributed by atoms with Crippen molar-refractivity contribution in [1.29, 1.82) is 0 Å². The molecule has 210 valence electrons. The van der Waals surface area contributed by atoms with Crippen LogP contribution in [0, 0.1) is 19.8 Å². The number of hydrogen-bond acceptors (Lipinski definition) is 4. The van der Waals surface area contributed by atoms with Crippen molar-refractivity contribution in [1.82, 2.24) is 15.5 Å². The Balaban J connectivity index is 3.59. The Morgan fingerprint density at radius 2 is 1.62 bits per heavy atom. The number of nitrogens with zero attached hydrogens (tertiary/aromatic N) is 1. The fourth-order valence-corrected chi connectivity index (χ4v) is 4.26. The molecule has 0 saturated carbocycles. The number of carbonyl (C=O) groups is 3. The van der Waals surface area contributed by atoms with Gasteiger partial charge in [-0.2, -0.15) is 0 Å². The van der Waals surface area contributed by atoms with E-state index in [0.717, 1.165) is 36.0 Å². The largest absolute Gasteiger partial charge is 0.444 e. The van der Waals surface area contributed by atoms with E-state index in [1.165, 1.54) is 0 Å². The van der Waals surface area contributed by atoms with Gasteiger partial charge in [0.15, 0.2) is 0 Å². The van der Waals surface area contributed by atoms with Gasteiger partial charge in [0.2, 0.25) is 11.8 Å². The molecule has 2 atom stereocenters. The molecule has 0 fully saturated rings. The van der Waals surface area contributed by atoms with Gasteiger partial charge in [-0.1, -0.05) is 57.4 Å². The van der Waals surface area contributed by atoms with Crippen molar-refractivity contribution in [2.45, 2.75) is 125 Å². The quantitative estimate of drug-likeness (QED) is 0.341. The number of nitrogens with one attached hydrogen (secondary N) is 2. The van der Waals surface area contributed by atoms with Crippen LogP contribution >= 0.6 is 0 Å². The van der Waals surface area contributed by atoms with Crippen LogP contribution in [0.15, 0.2) is 18.2 Å². The number of unbranched alkanes of at least 4 members (excludes halogenated alkanes) is 2. The predicted molar refractivity (Wildman–Crippen MR) is 150 cm³/mol. The van der Waals surface area contributed by atoms with Crippen molar-refractivity contribution in [2.24, 2.45) is 5.92 Å². The number of hydrogen-bond donors (Lipinski definition) is 2. The summed E-state index contributed by atoms with van der Waals surface area (Å²) in [6.45, 7) is 21.7. The maximum absolute atomic E-state index is 14.2. The summed E-state index contributed by atoms with van der Waals surface area (Å²) < 4.78 is 5.47. The molecular weight excluding hydrogens is 466 g/mol. The third-order valence-electron chi connectivity index (χ3n) is 5.76. The first-order chi connectivity index (χ1) is 16.9. The van der Waals surface area contributed by atoms with E-state index in [2.05, 4.69) is 17.6 Å². The molecule has 2 N–H and O–H groups in total. The van der Waals surface area contributed by atoms with Crippen LogP contribution in [0.2, 0.25) is 0 Å². The highest BCUT2D eigenvalue weighted by Gasteiger charge is 2.37. The molecular formula is C30H51N3O4. The van der Waals surface area contributed by atoms with Gasteiger partial charge in [-0.3, -0.25) is 9.59 Å². The average molecular weight is 518 g/mol. The maximum Gasteiger partial charge on any atom is 0.408 e. The van der Waals surface area contributed by atoms with E-state index in [0.29, 0.717) is 13.0 Å². The number of aryl methyl sites for hydroxylation is 2. The lowest BCUT2D eigenvalue weighted by molar-refractivity contribution is -0.143. The topological polar surface area (TPSA) is 87.7 Å². The van der Waals surface area contributed by atoms with Crippen LogP contribution in [-0.2, 0) is 14.3 Å². The minimum atomic E-state index is -0.820. The van der Waals surface area contributed by atoms with Crippen molar-refractivity contribution in [3.8, 4) is 0 Å². The van der Waals surface area contributed by atoms with Crippen LogP contribution < -0.4 is 10.6 Å². The first kappa shape index (κ1) is 32.5. The molecule has 0 radical (unpaired) electrons. The summed E-state index contributed by atoms with van der Waals surface area (Å²) in [6.07, 6.45) is 2.47. The van der Waals surface area contributed by atoms with Gasteiger partial charge in [0.25, 0.3) is 0 Å². The highest BCUT2D eigenvalue weighted by Crippen LogP contribution is 2.28. The number of benzene rings is 1. The lowest BCUT2D eigenvalue weighted by Gasteiger charge is -2.37. The zero-order chi connectivity index (χ0) is 28.6. The van der Waals surface area contributed by atoms with Crippen LogP contribution in [0.3, 0.4) is 0 Å². The fraction of sp³-hybridized carbons (Fsp3) is 0.700. The van der Waals surface area contributed by atoms with E-state index in [-0.39, 0.29) is 17.7 Å². The van der Waals surface area contributed by atoms with Gasteiger partial charge in [-0.25, -0.2) is 4.79 Å². The number of amides is 3. The molecule has 37 heavy (non-hydrogen) atoms. The summed E-state index contributed by atoms with van der Waals surface area (Å²) in [5.41, 5.74) is 1.66. The maximum atomic E-state index is 14.2. The summed E-state index contributed by atoms with van der Waals surface area (Å²) in [4.78, 5) is 42.4. The highest BCUT2D eigenvalue weighted by atomic mass is 16.6. The summed E-state index contributed by atoms with van der Waals surface area (Å²) >= 11 is 0. The molecule has 3 amide bonds. The van der Waals surface area contributed by atoms with Gasteiger partial charge >= 0.3 is 6.09 Å². The fourth-order valence-electron chi connectivity index (χ4n) is 4.26. The Morgan fingerprint density at radius 3 is 2.11 bits per heavy atom. The minimum Gasteiger partial charge on any atom is -0.444 e. The van der Waals surface area contributed by atoms with Crippen LogP contribution in [0.1, 0.15) is 111 Å². The van der Waals surface area contributed by atoms with Crippen LogP contribution in [0.25, 0.3) is 0 Å². The molecule has 0 heterocycles. The van der Waals surface area contributed by atoms with E-state index in [1.54, 1.807) is 25.7 Å². The van der Waals surface area contributed by atoms with Crippen molar-refractivity contribution in [3.05, 3.63) is 34.9 Å².